The first-order valence-corrected chi connectivity index (χ1v) is 7.39. The summed E-state index contributed by atoms with van der Waals surface area (Å²) >= 11 is 6.11. The normalized spacial score (nSPS) is 10.9. The van der Waals surface area contributed by atoms with Gasteiger partial charge < -0.3 is 20.5 Å². The molecule has 0 radical (unpaired) electrons. The largest absolute Gasteiger partial charge is 0.465 e. The Morgan fingerprint density at radius 1 is 1.41 bits per heavy atom. The number of carbonyl (C=O) groups is 2. The molecule has 1 amide bonds. The minimum atomic E-state index is -0.955. The molecule has 0 aromatic carbocycles. The van der Waals surface area contributed by atoms with Crippen molar-refractivity contribution >= 4 is 58.3 Å². The van der Waals surface area contributed by atoms with E-state index in [-0.39, 0.29) is 30.7 Å². The number of nitrogens with two attached hydrogens (primary N) is 1. The van der Waals surface area contributed by atoms with E-state index in [0.29, 0.717) is 10.8 Å². The van der Waals surface area contributed by atoms with Crippen molar-refractivity contribution in [1.82, 2.24) is 10.3 Å². The molecule has 0 aliphatic carbocycles. The highest BCUT2D eigenvalue weighted by atomic mass is 35.5. The van der Waals surface area contributed by atoms with Gasteiger partial charge in [-0.2, -0.15) is 0 Å². The predicted octanol–water partition coefficient (Wildman–Crippen LogP) is 1.57. The number of alkyl carbamates (subject to hydrolysis) is 1. The van der Waals surface area contributed by atoms with E-state index >= 15 is 0 Å². The zero-order valence-electron chi connectivity index (χ0n) is 12.0. The topological polar surface area (TPSA) is 116 Å². The Morgan fingerprint density at radius 3 is 2.64 bits per heavy atom. The Bertz CT molecular complexity index is 526. The molecule has 0 aliphatic rings. The molecule has 0 saturated heterocycles. The zero-order valence-corrected chi connectivity index (χ0v) is 14.4. The zero-order chi connectivity index (χ0) is 15.8. The van der Waals surface area contributed by atoms with Gasteiger partial charge in [-0.3, -0.25) is 5.32 Å². The number of anilines is 1. The number of amides is 1. The Hall–Kier alpha value is -1.49. The fraction of sp³-hybridized carbons (Fsp3) is 0.455. The van der Waals surface area contributed by atoms with Crippen molar-refractivity contribution in [2.75, 3.05) is 18.5 Å². The summed E-state index contributed by atoms with van der Waals surface area (Å²) in [6.45, 7) is 3.86. The standard InChI is InChI=1S/C11H16N4O4S2.ClH/c1-3-18-8(16)7(12)6-5-21-10(13-6)14-9(20)15-11(17)19-4-2;/h5,7H,3-4,12H2,1-2H3,(H2,13,14,15,17,20);1H. The summed E-state index contributed by atoms with van der Waals surface area (Å²) in [5.74, 6) is -0.554. The van der Waals surface area contributed by atoms with Crippen LogP contribution in [0.4, 0.5) is 9.93 Å². The van der Waals surface area contributed by atoms with Gasteiger partial charge in [-0.25, -0.2) is 14.6 Å². The van der Waals surface area contributed by atoms with Gasteiger partial charge in [0, 0.05) is 5.38 Å². The second kappa shape index (κ2) is 10.3. The van der Waals surface area contributed by atoms with Crippen LogP contribution in [0.3, 0.4) is 0 Å². The molecule has 8 nitrogen and oxygen atoms in total. The van der Waals surface area contributed by atoms with Gasteiger partial charge in [-0.1, -0.05) is 0 Å². The first-order valence-electron chi connectivity index (χ1n) is 6.10. The second-order valence-electron chi connectivity index (χ2n) is 3.61. The lowest BCUT2D eigenvalue weighted by Gasteiger charge is -2.08. The number of carbonyl (C=O) groups excluding carboxylic acids is 2. The summed E-state index contributed by atoms with van der Waals surface area (Å²) in [5, 5.41) is 7.05. The van der Waals surface area contributed by atoms with Crippen molar-refractivity contribution in [1.29, 1.82) is 0 Å². The molecule has 11 heteroatoms. The van der Waals surface area contributed by atoms with Crippen LogP contribution in [-0.2, 0) is 14.3 Å². The van der Waals surface area contributed by atoms with Crippen LogP contribution in [0, 0.1) is 0 Å². The maximum Gasteiger partial charge on any atom is 0.413 e. The molecule has 1 rings (SSSR count). The van der Waals surface area contributed by atoms with Gasteiger partial charge in [0.2, 0.25) is 0 Å². The van der Waals surface area contributed by atoms with Crippen molar-refractivity contribution in [3.63, 3.8) is 0 Å². The molecule has 4 N–H and O–H groups in total. The van der Waals surface area contributed by atoms with Crippen molar-refractivity contribution in [3.05, 3.63) is 11.1 Å². The molecule has 0 fully saturated rings. The van der Waals surface area contributed by atoms with Gasteiger partial charge in [0.15, 0.2) is 10.2 Å². The Labute approximate surface area is 143 Å². The highest BCUT2D eigenvalue weighted by Crippen LogP contribution is 2.20. The molecule has 124 valence electrons. The number of esters is 1. The first-order chi connectivity index (χ1) is 9.97. The van der Waals surface area contributed by atoms with Crippen LogP contribution < -0.4 is 16.4 Å². The highest BCUT2D eigenvalue weighted by Gasteiger charge is 2.20. The van der Waals surface area contributed by atoms with E-state index < -0.39 is 18.1 Å². The fourth-order valence-corrected chi connectivity index (χ4v) is 2.22. The average Bonchev–Trinajstić information content (AvgIpc) is 2.86. The Morgan fingerprint density at radius 2 is 2.05 bits per heavy atom. The summed E-state index contributed by atoms with van der Waals surface area (Å²) in [6.07, 6.45) is -0.657. The van der Waals surface area contributed by atoms with Crippen LogP contribution >= 0.6 is 36.0 Å². The third kappa shape index (κ3) is 6.52. The molecule has 1 unspecified atom stereocenters. The van der Waals surface area contributed by atoms with Crippen LogP contribution in [0.5, 0.6) is 0 Å². The van der Waals surface area contributed by atoms with Gasteiger partial charge in [-0.05, 0) is 26.1 Å². The molecule has 1 atom stereocenters. The first kappa shape index (κ1) is 20.5. The van der Waals surface area contributed by atoms with Gasteiger partial charge in [0.05, 0.1) is 18.9 Å². The second-order valence-corrected chi connectivity index (χ2v) is 4.87. The van der Waals surface area contributed by atoms with E-state index in [4.69, 9.17) is 22.7 Å². The summed E-state index contributed by atoms with van der Waals surface area (Å²) in [5.41, 5.74) is 6.07. The number of nitrogens with zero attached hydrogens (tertiary/aromatic N) is 1. The lowest BCUT2D eigenvalue weighted by atomic mass is 10.2. The summed E-state index contributed by atoms with van der Waals surface area (Å²) in [6, 6.07) is -0.955. The molecule has 22 heavy (non-hydrogen) atoms. The number of thiocarbonyl (C=S) groups is 1. The van der Waals surface area contributed by atoms with Gasteiger partial charge in [-0.15, -0.1) is 23.7 Å². The predicted molar refractivity (Wildman–Crippen MR) is 89.3 cm³/mol. The van der Waals surface area contributed by atoms with Crippen LogP contribution in [0.2, 0.25) is 0 Å². The molecule has 0 saturated carbocycles. The number of hydrogen-bond acceptors (Lipinski definition) is 8. The van der Waals surface area contributed by atoms with E-state index in [2.05, 4.69) is 20.4 Å². The molecule has 1 aromatic rings. The third-order valence-corrected chi connectivity index (χ3v) is 3.07. The third-order valence-electron chi connectivity index (χ3n) is 2.09. The van der Waals surface area contributed by atoms with Gasteiger partial charge in [0.25, 0.3) is 0 Å². The number of aromatic nitrogens is 1. The average molecular weight is 369 g/mol. The van der Waals surface area contributed by atoms with Crippen LogP contribution in [0.25, 0.3) is 0 Å². The lowest BCUT2D eigenvalue weighted by Crippen LogP contribution is -2.34. The molecule has 1 heterocycles. The molecule has 0 bridgehead atoms. The Balaban J connectivity index is 0.00000441. The summed E-state index contributed by atoms with van der Waals surface area (Å²) < 4.78 is 9.49. The van der Waals surface area contributed by atoms with Crippen molar-refractivity contribution in [2.45, 2.75) is 19.9 Å². The SMILES string of the molecule is CCOC(=O)NC(=S)Nc1nc(C(N)C(=O)OCC)cs1.Cl. The molecule has 0 spiro atoms. The monoisotopic (exact) mass is 368 g/mol. The fourth-order valence-electron chi connectivity index (χ4n) is 1.23. The minimum absolute atomic E-state index is 0. The number of halogens is 1. The lowest BCUT2D eigenvalue weighted by molar-refractivity contribution is -0.144. The van der Waals surface area contributed by atoms with E-state index in [9.17, 15) is 9.59 Å². The quantitative estimate of drug-likeness (QED) is 0.529. The number of hydrogen-bond donors (Lipinski definition) is 3. The van der Waals surface area contributed by atoms with Gasteiger partial charge >= 0.3 is 12.1 Å². The van der Waals surface area contributed by atoms with Crippen LogP contribution in [0.1, 0.15) is 25.6 Å². The smallest absolute Gasteiger partial charge is 0.413 e. The number of ether oxygens (including phenoxy) is 2. The van der Waals surface area contributed by atoms with Crippen LogP contribution in [-0.4, -0.2) is 35.4 Å². The Kier molecular flexibility index (Phi) is 9.58. The van der Waals surface area contributed by atoms with Crippen LogP contribution in [0.15, 0.2) is 5.38 Å². The summed E-state index contributed by atoms with van der Waals surface area (Å²) in [4.78, 5) is 26.8. The van der Waals surface area contributed by atoms with Gasteiger partial charge in [0.1, 0.15) is 6.04 Å². The number of rotatable bonds is 5. The molecule has 0 aliphatic heterocycles. The highest BCUT2D eigenvalue weighted by molar-refractivity contribution is 7.80. The van der Waals surface area contributed by atoms with E-state index in [1.54, 1.807) is 19.2 Å². The molecular formula is C11H17ClN4O4S2. The van der Waals surface area contributed by atoms with E-state index in [1.807, 2.05) is 0 Å². The van der Waals surface area contributed by atoms with Crippen molar-refractivity contribution in [3.8, 4) is 0 Å². The summed E-state index contributed by atoms with van der Waals surface area (Å²) in [7, 11) is 0. The molecule has 1 aromatic heterocycles. The van der Waals surface area contributed by atoms with Crippen molar-refractivity contribution in [2.24, 2.45) is 5.73 Å². The van der Waals surface area contributed by atoms with E-state index in [0.717, 1.165) is 0 Å². The maximum atomic E-state index is 11.5. The number of nitrogens with one attached hydrogen (secondary N) is 2. The number of thiazole rings is 1. The molecular weight excluding hydrogens is 352 g/mol. The maximum absolute atomic E-state index is 11.5. The van der Waals surface area contributed by atoms with Crippen molar-refractivity contribution < 1.29 is 19.1 Å². The minimum Gasteiger partial charge on any atom is -0.465 e. The van der Waals surface area contributed by atoms with E-state index in [1.165, 1.54) is 11.3 Å².